The Morgan fingerprint density at radius 2 is 1.94 bits per heavy atom. The van der Waals surface area contributed by atoms with Crippen LogP contribution in [0, 0.1) is 5.92 Å². The minimum absolute atomic E-state index is 0.136. The smallest absolute Gasteiger partial charge is 0.277 e. The maximum Gasteiger partial charge on any atom is 0.277 e. The molecule has 1 aromatic carbocycles. The largest absolute Gasteiger partial charge is 0.366 e. The monoisotopic (exact) mass is 433 g/mol. The van der Waals surface area contributed by atoms with Crippen LogP contribution in [-0.4, -0.2) is 45.8 Å². The number of imide groups is 1. The molecule has 4 heterocycles. The summed E-state index contributed by atoms with van der Waals surface area (Å²) in [6, 6.07) is 12.2. The lowest BCUT2D eigenvalue weighted by Gasteiger charge is -2.33. The highest BCUT2D eigenvalue weighted by Crippen LogP contribution is 2.36. The van der Waals surface area contributed by atoms with Gasteiger partial charge in [-0.2, -0.15) is 0 Å². The van der Waals surface area contributed by atoms with Crippen LogP contribution in [0.1, 0.15) is 30.2 Å². The average molecular weight is 434 g/mol. The van der Waals surface area contributed by atoms with Gasteiger partial charge in [0.2, 0.25) is 0 Å². The molecular formula is C25H27N3O2S. The van der Waals surface area contributed by atoms with Gasteiger partial charge in [0, 0.05) is 48.7 Å². The number of aryl methyl sites for hydroxylation is 1. The summed E-state index contributed by atoms with van der Waals surface area (Å²) >= 11 is 1.53. The van der Waals surface area contributed by atoms with Gasteiger partial charge in [-0.05, 0) is 48.3 Å². The Hall–Kier alpha value is -2.86. The van der Waals surface area contributed by atoms with Crippen LogP contribution in [0.2, 0.25) is 0 Å². The number of benzene rings is 1. The van der Waals surface area contributed by atoms with Crippen molar-refractivity contribution >= 4 is 39.6 Å². The first-order valence-corrected chi connectivity index (χ1v) is 11.8. The van der Waals surface area contributed by atoms with Crippen LogP contribution in [0.3, 0.4) is 0 Å². The number of nitrogens with zero attached hydrogens (tertiary/aromatic N) is 3. The van der Waals surface area contributed by atoms with Gasteiger partial charge in [-0.1, -0.05) is 31.2 Å². The number of piperidine rings is 1. The summed E-state index contributed by atoms with van der Waals surface area (Å²) in [4.78, 5) is 31.5. The maximum absolute atomic E-state index is 13.5. The number of hydrogen-bond acceptors (Lipinski definition) is 4. The molecule has 2 aliphatic rings. The van der Waals surface area contributed by atoms with Crippen molar-refractivity contribution in [2.75, 3.05) is 19.6 Å². The van der Waals surface area contributed by atoms with E-state index >= 15 is 0 Å². The molecule has 1 saturated heterocycles. The van der Waals surface area contributed by atoms with Gasteiger partial charge in [0.1, 0.15) is 5.70 Å². The summed E-state index contributed by atoms with van der Waals surface area (Å²) in [7, 11) is 2.03. The van der Waals surface area contributed by atoms with Crippen LogP contribution in [0.15, 0.2) is 53.7 Å². The number of hydrogen-bond donors (Lipinski definition) is 0. The first kappa shape index (κ1) is 20.1. The molecule has 5 nitrogen and oxygen atoms in total. The molecule has 160 valence electrons. The predicted molar refractivity (Wildman–Crippen MR) is 125 cm³/mol. The molecule has 3 aromatic rings. The van der Waals surface area contributed by atoms with Crippen LogP contribution in [0.5, 0.6) is 0 Å². The van der Waals surface area contributed by atoms with E-state index in [1.54, 1.807) is 0 Å². The van der Waals surface area contributed by atoms with E-state index < -0.39 is 0 Å². The fourth-order valence-electron chi connectivity index (χ4n) is 4.95. The molecule has 1 unspecified atom stereocenters. The molecular weight excluding hydrogens is 406 g/mol. The molecule has 2 aromatic heterocycles. The highest BCUT2D eigenvalue weighted by Gasteiger charge is 2.42. The molecule has 6 heteroatoms. The highest BCUT2D eigenvalue weighted by molar-refractivity contribution is 7.11. The number of likely N-dealkylation sites (tertiary alicyclic amines) is 1. The summed E-state index contributed by atoms with van der Waals surface area (Å²) in [5.74, 6) is 0.238. The molecule has 0 N–H and O–H groups in total. The van der Waals surface area contributed by atoms with Crippen LogP contribution in [0.25, 0.3) is 16.5 Å². The van der Waals surface area contributed by atoms with Crippen LogP contribution in [-0.2, 0) is 23.1 Å². The lowest BCUT2D eigenvalue weighted by Crippen LogP contribution is -2.39. The average Bonchev–Trinajstić information content (AvgIpc) is 3.45. The van der Waals surface area contributed by atoms with E-state index in [0.29, 0.717) is 30.2 Å². The molecule has 1 atom stereocenters. The minimum Gasteiger partial charge on any atom is -0.366 e. The van der Waals surface area contributed by atoms with Crippen molar-refractivity contribution in [1.82, 2.24) is 14.4 Å². The first-order chi connectivity index (χ1) is 15.0. The maximum atomic E-state index is 13.5. The van der Waals surface area contributed by atoms with E-state index in [9.17, 15) is 9.59 Å². The van der Waals surface area contributed by atoms with Crippen molar-refractivity contribution in [3.05, 3.63) is 64.1 Å². The quantitative estimate of drug-likeness (QED) is 0.564. The number of para-hydroxylation sites is 1. The van der Waals surface area contributed by atoms with Gasteiger partial charge in [-0.3, -0.25) is 14.5 Å². The van der Waals surface area contributed by atoms with Gasteiger partial charge >= 0.3 is 0 Å². The van der Waals surface area contributed by atoms with Gasteiger partial charge in [-0.25, -0.2) is 0 Å². The fourth-order valence-corrected chi connectivity index (χ4v) is 5.71. The van der Waals surface area contributed by atoms with Gasteiger partial charge in [0.05, 0.1) is 5.57 Å². The van der Waals surface area contributed by atoms with Gasteiger partial charge in [-0.15, -0.1) is 11.3 Å². The Morgan fingerprint density at radius 3 is 2.71 bits per heavy atom. The second-order valence-electron chi connectivity index (χ2n) is 8.69. The summed E-state index contributed by atoms with van der Waals surface area (Å²) in [5, 5.41) is 3.15. The molecule has 0 saturated carbocycles. The Bertz CT molecular complexity index is 1170. The van der Waals surface area contributed by atoms with Crippen molar-refractivity contribution in [1.29, 1.82) is 0 Å². The van der Waals surface area contributed by atoms with Crippen molar-refractivity contribution in [3.8, 4) is 0 Å². The van der Waals surface area contributed by atoms with Crippen molar-refractivity contribution in [2.24, 2.45) is 13.0 Å². The Balaban J connectivity index is 1.44. The number of carbonyl (C=O) groups is 2. The van der Waals surface area contributed by atoms with Crippen molar-refractivity contribution in [3.63, 3.8) is 0 Å². The highest BCUT2D eigenvalue weighted by atomic mass is 32.1. The third-order valence-electron chi connectivity index (χ3n) is 6.47. The molecule has 1 fully saturated rings. The third-order valence-corrected chi connectivity index (χ3v) is 7.36. The topological polar surface area (TPSA) is 45.6 Å². The van der Waals surface area contributed by atoms with E-state index in [-0.39, 0.29) is 11.8 Å². The summed E-state index contributed by atoms with van der Waals surface area (Å²) in [6.45, 7) is 4.29. The van der Waals surface area contributed by atoms with E-state index in [2.05, 4.69) is 34.7 Å². The number of amides is 2. The molecule has 2 aliphatic heterocycles. The second-order valence-corrected chi connectivity index (χ2v) is 9.64. The molecule has 31 heavy (non-hydrogen) atoms. The van der Waals surface area contributed by atoms with E-state index in [1.807, 2.05) is 36.7 Å². The van der Waals surface area contributed by atoms with Crippen molar-refractivity contribution in [2.45, 2.75) is 26.2 Å². The Labute approximate surface area is 186 Å². The zero-order valence-electron chi connectivity index (χ0n) is 18.0. The molecule has 0 spiro atoms. The standard InChI is InChI=1S/C25H27N3O2S/c1-17-7-5-12-27(15-17)23-22(21-10-6-14-31-21)24(29)28(25(23)30)13-11-18-16-26(2)20-9-4-3-8-19(18)20/h3-4,6,8-10,14,16-17H,5,7,11-13,15H2,1-2H3. The van der Waals surface area contributed by atoms with E-state index in [0.717, 1.165) is 35.5 Å². The van der Waals surface area contributed by atoms with E-state index in [4.69, 9.17) is 0 Å². The number of carbonyl (C=O) groups excluding carboxylic acids is 2. The van der Waals surface area contributed by atoms with Gasteiger partial charge < -0.3 is 9.47 Å². The lowest BCUT2D eigenvalue weighted by atomic mass is 9.99. The Kier molecular flexibility index (Phi) is 5.18. The van der Waals surface area contributed by atoms with Crippen LogP contribution < -0.4 is 0 Å². The zero-order chi connectivity index (χ0) is 21.5. The second kappa shape index (κ2) is 8.00. The lowest BCUT2D eigenvalue weighted by molar-refractivity contribution is -0.137. The molecule has 2 amide bonds. The number of fused-ring (bicyclic) bond motifs is 1. The summed E-state index contributed by atoms with van der Waals surface area (Å²) < 4.78 is 2.11. The minimum atomic E-state index is -0.152. The number of aromatic nitrogens is 1. The van der Waals surface area contributed by atoms with E-state index in [1.165, 1.54) is 28.0 Å². The number of thiophene rings is 1. The fraction of sp³-hybridized carbons (Fsp3) is 0.360. The van der Waals surface area contributed by atoms with Crippen molar-refractivity contribution < 1.29 is 9.59 Å². The SMILES string of the molecule is CC1CCCN(C2=C(c3cccs3)C(=O)N(CCc3cn(C)c4ccccc34)C2=O)C1. The van der Waals surface area contributed by atoms with Gasteiger partial charge in [0.15, 0.2) is 0 Å². The normalized spacial score (nSPS) is 19.9. The predicted octanol–water partition coefficient (Wildman–Crippen LogP) is 4.29. The zero-order valence-corrected chi connectivity index (χ0v) is 18.8. The van der Waals surface area contributed by atoms with Gasteiger partial charge in [0.25, 0.3) is 11.8 Å². The van der Waals surface area contributed by atoms with Crippen LogP contribution in [0.4, 0.5) is 0 Å². The summed E-state index contributed by atoms with van der Waals surface area (Å²) in [6.07, 6.45) is 4.99. The molecule has 0 aliphatic carbocycles. The Morgan fingerprint density at radius 1 is 1.10 bits per heavy atom. The molecule has 0 bridgehead atoms. The van der Waals surface area contributed by atoms with Crippen LogP contribution >= 0.6 is 11.3 Å². The summed E-state index contributed by atoms with van der Waals surface area (Å²) in [5.41, 5.74) is 3.53. The number of rotatable bonds is 5. The molecule has 0 radical (unpaired) electrons. The third kappa shape index (κ3) is 3.49. The molecule has 5 rings (SSSR count). The first-order valence-electron chi connectivity index (χ1n) is 11.0.